The second-order valence-corrected chi connectivity index (χ2v) is 5.89. The van der Waals surface area contributed by atoms with Crippen molar-refractivity contribution in [1.82, 2.24) is 15.0 Å². The fourth-order valence-electron chi connectivity index (χ4n) is 2.30. The summed E-state index contributed by atoms with van der Waals surface area (Å²) >= 11 is 0. The van der Waals surface area contributed by atoms with Crippen molar-refractivity contribution < 1.29 is 0 Å². The fraction of sp³-hybridized carbons (Fsp3) is 0.769. The summed E-state index contributed by atoms with van der Waals surface area (Å²) < 4.78 is 0. The van der Waals surface area contributed by atoms with Crippen molar-refractivity contribution in [3.05, 3.63) is 0 Å². The molecule has 1 aliphatic heterocycles. The van der Waals surface area contributed by atoms with E-state index in [9.17, 15) is 0 Å². The van der Waals surface area contributed by atoms with E-state index in [1.165, 1.54) is 25.7 Å². The molecule has 0 spiro atoms. The molecule has 3 rings (SSSR count). The Labute approximate surface area is 114 Å². The van der Waals surface area contributed by atoms with Crippen molar-refractivity contribution >= 4 is 17.8 Å². The standard InChI is InChI=1S/C13H22N6/c1-13(5-6-13)9-15-11-16-10(14-2)17-12(18-11)19-7-3-4-8-19/h3-9H2,1-2H3,(H2,14,15,16,17,18). The lowest BCUT2D eigenvalue weighted by Gasteiger charge is -2.17. The van der Waals surface area contributed by atoms with E-state index in [0.717, 1.165) is 25.6 Å². The molecule has 104 valence electrons. The number of aromatic nitrogens is 3. The topological polar surface area (TPSA) is 66.0 Å². The summed E-state index contributed by atoms with van der Waals surface area (Å²) in [5.41, 5.74) is 0.445. The maximum atomic E-state index is 4.55. The van der Waals surface area contributed by atoms with Crippen LogP contribution in [0.2, 0.25) is 0 Å². The van der Waals surface area contributed by atoms with Crippen molar-refractivity contribution in [3.63, 3.8) is 0 Å². The molecule has 1 saturated heterocycles. The Hall–Kier alpha value is -1.59. The van der Waals surface area contributed by atoms with Gasteiger partial charge >= 0.3 is 0 Å². The SMILES string of the molecule is CNc1nc(NCC2(C)CC2)nc(N2CCCC2)n1. The van der Waals surface area contributed by atoms with Crippen molar-refractivity contribution in [3.8, 4) is 0 Å². The highest BCUT2D eigenvalue weighted by Gasteiger charge is 2.37. The van der Waals surface area contributed by atoms with Crippen LogP contribution in [0.1, 0.15) is 32.6 Å². The molecule has 1 saturated carbocycles. The zero-order chi connectivity index (χ0) is 13.3. The Morgan fingerprint density at radius 2 is 1.79 bits per heavy atom. The highest BCUT2D eigenvalue weighted by Crippen LogP contribution is 2.44. The maximum absolute atomic E-state index is 4.55. The molecule has 1 aromatic heterocycles. The second-order valence-electron chi connectivity index (χ2n) is 5.89. The molecule has 19 heavy (non-hydrogen) atoms. The van der Waals surface area contributed by atoms with E-state index in [4.69, 9.17) is 0 Å². The molecule has 1 aromatic rings. The highest BCUT2D eigenvalue weighted by atomic mass is 15.3. The Bertz CT molecular complexity index is 450. The normalized spacial score (nSPS) is 20.4. The van der Waals surface area contributed by atoms with Gasteiger partial charge < -0.3 is 15.5 Å². The van der Waals surface area contributed by atoms with Crippen molar-refractivity contribution in [1.29, 1.82) is 0 Å². The summed E-state index contributed by atoms with van der Waals surface area (Å²) in [6.07, 6.45) is 5.04. The number of nitrogens with zero attached hydrogens (tertiary/aromatic N) is 4. The minimum absolute atomic E-state index is 0.445. The van der Waals surface area contributed by atoms with E-state index in [1.54, 1.807) is 0 Å². The Morgan fingerprint density at radius 3 is 2.42 bits per heavy atom. The van der Waals surface area contributed by atoms with E-state index < -0.39 is 0 Å². The second kappa shape index (κ2) is 4.83. The van der Waals surface area contributed by atoms with Crippen LogP contribution >= 0.6 is 0 Å². The van der Waals surface area contributed by atoms with Gasteiger partial charge in [-0.15, -0.1) is 0 Å². The average molecular weight is 262 g/mol. The summed E-state index contributed by atoms with van der Waals surface area (Å²) in [5, 5.41) is 6.37. The van der Waals surface area contributed by atoms with Gasteiger partial charge in [0.25, 0.3) is 0 Å². The molecule has 2 aliphatic rings. The van der Waals surface area contributed by atoms with Crippen LogP contribution < -0.4 is 15.5 Å². The molecule has 0 aromatic carbocycles. The summed E-state index contributed by atoms with van der Waals surface area (Å²) in [7, 11) is 1.84. The van der Waals surface area contributed by atoms with Gasteiger partial charge in [-0.2, -0.15) is 15.0 Å². The summed E-state index contributed by atoms with van der Waals surface area (Å²) in [6.45, 7) is 5.33. The minimum atomic E-state index is 0.445. The highest BCUT2D eigenvalue weighted by molar-refractivity contribution is 5.44. The predicted molar refractivity (Wildman–Crippen MR) is 76.7 cm³/mol. The minimum Gasteiger partial charge on any atom is -0.357 e. The molecule has 0 radical (unpaired) electrons. The number of nitrogens with one attached hydrogen (secondary N) is 2. The van der Waals surface area contributed by atoms with Gasteiger partial charge in [-0.3, -0.25) is 0 Å². The maximum Gasteiger partial charge on any atom is 0.231 e. The number of hydrogen-bond acceptors (Lipinski definition) is 6. The number of hydrogen-bond donors (Lipinski definition) is 2. The van der Waals surface area contributed by atoms with Crippen LogP contribution in [0.5, 0.6) is 0 Å². The molecule has 0 amide bonds. The van der Waals surface area contributed by atoms with E-state index >= 15 is 0 Å². The van der Waals surface area contributed by atoms with Crippen LogP contribution in [0, 0.1) is 5.41 Å². The molecule has 0 atom stereocenters. The van der Waals surface area contributed by atoms with E-state index in [1.807, 2.05) is 7.05 Å². The molecule has 0 unspecified atom stereocenters. The lowest BCUT2D eigenvalue weighted by molar-refractivity contribution is 0.607. The van der Waals surface area contributed by atoms with E-state index in [-0.39, 0.29) is 0 Å². The zero-order valence-electron chi connectivity index (χ0n) is 11.7. The third kappa shape index (κ3) is 2.88. The van der Waals surface area contributed by atoms with Crippen LogP contribution in [-0.2, 0) is 0 Å². The Balaban J connectivity index is 1.75. The molecule has 0 bridgehead atoms. The van der Waals surface area contributed by atoms with Crippen LogP contribution in [0.3, 0.4) is 0 Å². The monoisotopic (exact) mass is 262 g/mol. The molecule has 2 N–H and O–H groups in total. The van der Waals surface area contributed by atoms with Crippen molar-refractivity contribution in [2.24, 2.45) is 5.41 Å². The van der Waals surface area contributed by atoms with Gasteiger partial charge in [-0.25, -0.2) is 0 Å². The van der Waals surface area contributed by atoms with Gasteiger partial charge in [0.15, 0.2) is 0 Å². The van der Waals surface area contributed by atoms with Crippen LogP contribution in [0.25, 0.3) is 0 Å². The van der Waals surface area contributed by atoms with E-state index in [2.05, 4.69) is 37.4 Å². The summed E-state index contributed by atoms with van der Waals surface area (Å²) in [4.78, 5) is 15.6. The molecular formula is C13H22N6. The lowest BCUT2D eigenvalue weighted by atomic mass is 10.1. The number of rotatable bonds is 5. The van der Waals surface area contributed by atoms with Crippen molar-refractivity contribution in [2.75, 3.05) is 42.2 Å². The third-order valence-electron chi connectivity index (χ3n) is 4.01. The molecule has 1 aliphatic carbocycles. The smallest absolute Gasteiger partial charge is 0.231 e. The summed E-state index contributed by atoms with van der Waals surface area (Å²) in [5.74, 6) is 2.12. The molecule has 2 heterocycles. The first-order chi connectivity index (χ1) is 9.18. The molecular weight excluding hydrogens is 240 g/mol. The molecule has 2 fully saturated rings. The van der Waals surface area contributed by atoms with Gasteiger partial charge in [0.2, 0.25) is 17.8 Å². The van der Waals surface area contributed by atoms with Gasteiger partial charge in [0, 0.05) is 26.7 Å². The quantitative estimate of drug-likeness (QED) is 0.842. The van der Waals surface area contributed by atoms with E-state index in [0.29, 0.717) is 17.3 Å². The van der Waals surface area contributed by atoms with Crippen LogP contribution in [-0.4, -0.2) is 41.6 Å². The van der Waals surface area contributed by atoms with Gasteiger partial charge in [-0.05, 0) is 31.1 Å². The van der Waals surface area contributed by atoms with Crippen LogP contribution in [0.4, 0.5) is 17.8 Å². The first-order valence-corrected chi connectivity index (χ1v) is 7.11. The Kier molecular flexibility index (Phi) is 3.16. The van der Waals surface area contributed by atoms with Gasteiger partial charge in [0.1, 0.15) is 0 Å². The fourth-order valence-corrected chi connectivity index (χ4v) is 2.30. The zero-order valence-corrected chi connectivity index (χ0v) is 11.7. The average Bonchev–Trinajstić information content (AvgIpc) is 2.95. The largest absolute Gasteiger partial charge is 0.357 e. The van der Waals surface area contributed by atoms with Gasteiger partial charge in [-0.1, -0.05) is 6.92 Å². The number of anilines is 3. The van der Waals surface area contributed by atoms with Gasteiger partial charge in [0.05, 0.1) is 0 Å². The predicted octanol–water partition coefficient (Wildman–Crippen LogP) is 1.73. The first-order valence-electron chi connectivity index (χ1n) is 7.11. The van der Waals surface area contributed by atoms with Crippen molar-refractivity contribution in [2.45, 2.75) is 32.6 Å². The molecule has 6 nitrogen and oxygen atoms in total. The van der Waals surface area contributed by atoms with Crippen LogP contribution in [0.15, 0.2) is 0 Å². The lowest BCUT2D eigenvalue weighted by Crippen LogP contribution is -2.23. The Morgan fingerprint density at radius 1 is 1.11 bits per heavy atom. The summed E-state index contributed by atoms with van der Waals surface area (Å²) in [6, 6.07) is 0. The third-order valence-corrected chi connectivity index (χ3v) is 4.01. The molecule has 6 heteroatoms. The first kappa shape index (κ1) is 12.4.